The van der Waals surface area contributed by atoms with E-state index in [1.54, 1.807) is 37.6 Å². The fourth-order valence-corrected chi connectivity index (χ4v) is 2.71. The molecule has 0 aliphatic rings. The van der Waals surface area contributed by atoms with Crippen LogP contribution in [-0.4, -0.2) is 23.9 Å². The van der Waals surface area contributed by atoms with Crippen LogP contribution in [0.25, 0.3) is 0 Å². The maximum absolute atomic E-state index is 12.5. The SMILES string of the molecule is COc1ccc(C)cc1NC(=O)c1ccc(Nc2ccc(NC(C)=O)cc2)cn1. The molecule has 3 rings (SSSR count). The molecule has 2 aromatic carbocycles. The van der Waals surface area contributed by atoms with Crippen LogP contribution < -0.4 is 20.7 Å². The highest BCUT2D eigenvalue weighted by Crippen LogP contribution is 2.26. The van der Waals surface area contributed by atoms with Gasteiger partial charge in [0.2, 0.25) is 5.91 Å². The Morgan fingerprint density at radius 3 is 2.21 bits per heavy atom. The number of pyridine rings is 1. The summed E-state index contributed by atoms with van der Waals surface area (Å²) in [6.07, 6.45) is 1.59. The number of carbonyl (C=O) groups excluding carboxylic acids is 2. The first kappa shape index (κ1) is 19.9. The molecule has 29 heavy (non-hydrogen) atoms. The maximum atomic E-state index is 12.5. The lowest BCUT2D eigenvalue weighted by atomic mass is 10.2. The first-order valence-corrected chi connectivity index (χ1v) is 9.01. The van der Waals surface area contributed by atoms with Crippen LogP contribution in [-0.2, 0) is 4.79 Å². The molecule has 0 saturated carbocycles. The van der Waals surface area contributed by atoms with E-state index in [1.807, 2.05) is 37.3 Å². The molecule has 0 spiro atoms. The summed E-state index contributed by atoms with van der Waals surface area (Å²) >= 11 is 0. The standard InChI is InChI=1S/C22H22N4O3/c1-14-4-11-21(29-3)20(12-14)26-22(28)19-10-9-18(13-23-19)25-17-7-5-16(6-8-17)24-15(2)27/h4-13,25H,1-3H3,(H,24,27)(H,26,28). The van der Waals surface area contributed by atoms with E-state index in [1.165, 1.54) is 6.92 Å². The zero-order chi connectivity index (χ0) is 20.8. The largest absolute Gasteiger partial charge is 0.495 e. The van der Waals surface area contributed by atoms with Crippen LogP contribution in [0.5, 0.6) is 5.75 Å². The Kier molecular flexibility index (Phi) is 6.09. The number of aryl methyl sites for hydroxylation is 1. The van der Waals surface area contributed by atoms with E-state index < -0.39 is 0 Å². The molecule has 0 bridgehead atoms. The van der Waals surface area contributed by atoms with Gasteiger partial charge >= 0.3 is 0 Å². The number of hydrogen-bond donors (Lipinski definition) is 3. The highest BCUT2D eigenvalue weighted by molar-refractivity contribution is 6.03. The van der Waals surface area contributed by atoms with Gasteiger partial charge in [0.25, 0.3) is 5.91 Å². The number of benzene rings is 2. The Balaban J connectivity index is 1.66. The van der Waals surface area contributed by atoms with Crippen LogP contribution in [0, 0.1) is 6.92 Å². The van der Waals surface area contributed by atoms with Gasteiger partial charge in [-0.2, -0.15) is 0 Å². The quantitative estimate of drug-likeness (QED) is 0.582. The predicted octanol–water partition coefficient (Wildman–Crippen LogP) is 4.35. The molecule has 7 heteroatoms. The second-order valence-corrected chi connectivity index (χ2v) is 6.47. The third-order valence-corrected chi connectivity index (χ3v) is 4.09. The minimum absolute atomic E-state index is 0.118. The molecule has 3 aromatic rings. The number of methoxy groups -OCH3 is 1. The fourth-order valence-electron chi connectivity index (χ4n) is 2.71. The van der Waals surface area contributed by atoms with Crippen molar-refractivity contribution in [2.45, 2.75) is 13.8 Å². The van der Waals surface area contributed by atoms with Crippen LogP contribution in [0.4, 0.5) is 22.7 Å². The third-order valence-electron chi connectivity index (χ3n) is 4.09. The average molecular weight is 390 g/mol. The molecule has 148 valence electrons. The van der Waals surface area contributed by atoms with E-state index in [0.29, 0.717) is 17.1 Å². The Labute approximate surface area is 169 Å². The second-order valence-electron chi connectivity index (χ2n) is 6.47. The monoisotopic (exact) mass is 390 g/mol. The Bertz CT molecular complexity index is 1020. The van der Waals surface area contributed by atoms with Gasteiger partial charge in [-0.25, -0.2) is 4.98 Å². The zero-order valence-electron chi connectivity index (χ0n) is 16.4. The van der Waals surface area contributed by atoms with Gasteiger partial charge in [0.05, 0.1) is 24.7 Å². The van der Waals surface area contributed by atoms with E-state index in [4.69, 9.17) is 4.74 Å². The smallest absolute Gasteiger partial charge is 0.274 e. The number of ether oxygens (including phenoxy) is 1. The number of nitrogens with zero attached hydrogens (tertiary/aromatic N) is 1. The normalized spacial score (nSPS) is 10.2. The molecular formula is C22H22N4O3. The summed E-state index contributed by atoms with van der Waals surface area (Å²) in [6, 6.07) is 16.3. The molecule has 0 aliphatic heterocycles. The summed E-state index contributed by atoms with van der Waals surface area (Å²) in [6.45, 7) is 3.40. The van der Waals surface area contributed by atoms with E-state index in [2.05, 4.69) is 20.9 Å². The van der Waals surface area contributed by atoms with Crippen molar-refractivity contribution >= 4 is 34.6 Å². The Hall–Kier alpha value is -3.87. The van der Waals surface area contributed by atoms with Crippen molar-refractivity contribution in [2.24, 2.45) is 0 Å². The third kappa shape index (κ3) is 5.32. The lowest BCUT2D eigenvalue weighted by Gasteiger charge is -2.11. The molecular weight excluding hydrogens is 368 g/mol. The summed E-state index contributed by atoms with van der Waals surface area (Å²) < 4.78 is 5.28. The maximum Gasteiger partial charge on any atom is 0.274 e. The molecule has 0 fully saturated rings. The summed E-state index contributed by atoms with van der Waals surface area (Å²) in [4.78, 5) is 27.8. The van der Waals surface area contributed by atoms with Crippen molar-refractivity contribution in [3.63, 3.8) is 0 Å². The van der Waals surface area contributed by atoms with Crippen LogP contribution in [0.2, 0.25) is 0 Å². The van der Waals surface area contributed by atoms with Crippen LogP contribution >= 0.6 is 0 Å². The van der Waals surface area contributed by atoms with Gasteiger partial charge in [-0.15, -0.1) is 0 Å². The molecule has 3 N–H and O–H groups in total. The molecule has 1 aromatic heterocycles. The number of anilines is 4. The van der Waals surface area contributed by atoms with Crippen molar-refractivity contribution < 1.29 is 14.3 Å². The number of hydrogen-bond acceptors (Lipinski definition) is 5. The average Bonchev–Trinajstić information content (AvgIpc) is 2.70. The topological polar surface area (TPSA) is 92.4 Å². The molecule has 7 nitrogen and oxygen atoms in total. The van der Waals surface area contributed by atoms with Crippen molar-refractivity contribution in [2.75, 3.05) is 23.1 Å². The van der Waals surface area contributed by atoms with Gasteiger partial charge in [0, 0.05) is 18.3 Å². The Morgan fingerprint density at radius 2 is 1.59 bits per heavy atom. The number of rotatable bonds is 6. The second kappa shape index (κ2) is 8.88. The first-order valence-electron chi connectivity index (χ1n) is 9.01. The van der Waals surface area contributed by atoms with Gasteiger partial charge in [0.15, 0.2) is 0 Å². The van der Waals surface area contributed by atoms with Gasteiger partial charge in [0.1, 0.15) is 11.4 Å². The van der Waals surface area contributed by atoms with Crippen LogP contribution in [0.3, 0.4) is 0 Å². The minimum Gasteiger partial charge on any atom is -0.495 e. The van der Waals surface area contributed by atoms with E-state index >= 15 is 0 Å². The van der Waals surface area contributed by atoms with Gasteiger partial charge < -0.3 is 20.7 Å². The van der Waals surface area contributed by atoms with E-state index in [9.17, 15) is 9.59 Å². The van der Waals surface area contributed by atoms with Crippen molar-refractivity contribution in [3.8, 4) is 5.75 Å². The molecule has 0 radical (unpaired) electrons. The van der Waals surface area contributed by atoms with Crippen LogP contribution in [0.15, 0.2) is 60.8 Å². The highest BCUT2D eigenvalue weighted by Gasteiger charge is 2.11. The lowest BCUT2D eigenvalue weighted by Crippen LogP contribution is -2.14. The predicted molar refractivity (Wildman–Crippen MR) is 114 cm³/mol. The summed E-state index contributed by atoms with van der Waals surface area (Å²) in [5, 5.41) is 8.74. The lowest BCUT2D eigenvalue weighted by molar-refractivity contribution is -0.114. The van der Waals surface area contributed by atoms with Gasteiger partial charge in [-0.05, 0) is 61.0 Å². The molecule has 2 amide bonds. The zero-order valence-corrected chi connectivity index (χ0v) is 16.4. The summed E-state index contributed by atoms with van der Waals surface area (Å²) in [5.41, 5.74) is 4.20. The van der Waals surface area contributed by atoms with E-state index in [0.717, 1.165) is 22.6 Å². The number of aromatic nitrogens is 1. The molecule has 0 unspecified atom stereocenters. The molecule has 0 aliphatic carbocycles. The highest BCUT2D eigenvalue weighted by atomic mass is 16.5. The van der Waals surface area contributed by atoms with E-state index in [-0.39, 0.29) is 11.8 Å². The Morgan fingerprint density at radius 1 is 0.897 bits per heavy atom. The van der Waals surface area contributed by atoms with Gasteiger partial charge in [-0.3, -0.25) is 9.59 Å². The summed E-state index contributed by atoms with van der Waals surface area (Å²) in [5.74, 6) is 0.150. The number of amides is 2. The first-order chi connectivity index (χ1) is 13.9. The number of carbonyl (C=O) groups is 2. The van der Waals surface area contributed by atoms with Crippen molar-refractivity contribution in [1.29, 1.82) is 0 Å². The molecule has 0 atom stereocenters. The molecule has 0 saturated heterocycles. The van der Waals surface area contributed by atoms with Crippen molar-refractivity contribution in [3.05, 3.63) is 72.1 Å². The van der Waals surface area contributed by atoms with Crippen molar-refractivity contribution in [1.82, 2.24) is 4.98 Å². The van der Waals surface area contributed by atoms with Gasteiger partial charge in [-0.1, -0.05) is 6.07 Å². The van der Waals surface area contributed by atoms with Crippen LogP contribution in [0.1, 0.15) is 23.0 Å². The molecule has 1 heterocycles. The minimum atomic E-state index is -0.319. The number of nitrogens with one attached hydrogen (secondary N) is 3. The summed E-state index contributed by atoms with van der Waals surface area (Å²) in [7, 11) is 1.56. The fraction of sp³-hybridized carbons (Fsp3) is 0.136.